The summed E-state index contributed by atoms with van der Waals surface area (Å²) in [5.74, 6) is -0.770. The number of aliphatic carboxylic acids is 1. The topological polar surface area (TPSA) is 58.6 Å². The molecule has 2 atom stereocenters. The standard InChI is InChI=1S/C11H12FNO3/c1-6-10(5-11(14)15)16-9-3-2-7(12)4-8(9)13-6/h2-4,6,10,13H,5H2,1H3,(H,14,15). The molecular weight excluding hydrogens is 213 g/mol. The first-order valence-corrected chi connectivity index (χ1v) is 5.01. The van der Waals surface area contributed by atoms with Gasteiger partial charge in [-0.2, -0.15) is 0 Å². The van der Waals surface area contributed by atoms with Gasteiger partial charge in [0.05, 0.1) is 18.2 Å². The molecule has 4 nitrogen and oxygen atoms in total. The van der Waals surface area contributed by atoms with Crippen LogP contribution in [0, 0.1) is 5.82 Å². The summed E-state index contributed by atoms with van der Waals surface area (Å²) in [4.78, 5) is 10.6. The molecule has 1 aromatic carbocycles. The molecule has 2 rings (SSSR count). The highest BCUT2D eigenvalue weighted by Gasteiger charge is 2.28. The molecule has 1 heterocycles. The van der Waals surface area contributed by atoms with Gasteiger partial charge in [-0.15, -0.1) is 0 Å². The lowest BCUT2D eigenvalue weighted by Crippen LogP contribution is -2.40. The lowest BCUT2D eigenvalue weighted by atomic mass is 10.1. The predicted molar refractivity (Wildman–Crippen MR) is 56.2 cm³/mol. The number of nitrogens with one attached hydrogen (secondary N) is 1. The quantitative estimate of drug-likeness (QED) is 0.806. The number of hydrogen-bond donors (Lipinski definition) is 2. The molecule has 0 radical (unpaired) electrons. The molecule has 2 N–H and O–H groups in total. The third kappa shape index (κ3) is 2.08. The average Bonchev–Trinajstić information content (AvgIpc) is 2.19. The van der Waals surface area contributed by atoms with E-state index >= 15 is 0 Å². The Morgan fingerprint density at radius 1 is 1.62 bits per heavy atom. The van der Waals surface area contributed by atoms with Crippen LogP contribution in [0.4, 0.5) is 10.1 Å². The molecule has 1 aliphatic heterocycles. The fraction of sp³-hybridized carbons (Fsp3) is 0.364. The van der Waals surface area contributed by atoms with Crippen LogP contribution in [0.5, 0.6) is 5.75 Å². The Morgan fingerprint density at radius 2 is 2.38 bits per heavy atom. The number of carboxylic acid groups (broad SMARTS) is 1. The van der Waals surface area contributed by atoms with Gasteiger partial charge in [0, 0.05) is 6.07 Å². The normalized spacial score (nSPS) is 22.9. The second-order valence-electron chi connectivity index (χ2n) is 3.83. The maximum absolute atomic E-state index is 12.9. The third-order valence-corrected chi connectivity index (χ3v) is 2.54. The second-order valence-corrected chi connectivity index (χ2v) is 3.83. The van der Waals surface area contributed by atoms with Crippen LogP contribution in [0.25, 0.3) is 0 Å². The molecule has 0 fully saturated rings. The Morgan fingerprint density at radius 3 is 3.06 bits per heavy atom. The number of carbonyl (C=O) groups is 1. The highest BCUT2D eigenvalue weighted by Crippen LogP contribution is 2.32. The monoisotopic (exact) mass is 225 g/mol. The van der Waals surface area contributed by atoms with Gasteiger partial charge in [0.15, 0.2) is 0 Å². The number of benzene rings is 1. The van der Waals surface area contributed by atoms with E-state index < -0.39 is 12.1 Å². The molecule has 86 valence electrons. The summed E-state index contributed by atoms with van der Waals surface area (Å²) in [7, 11) is 0. The van der Waals surface area contributed by atoms with Gasteiger partial charge in [-0.1, -0.05) is 0 Å². The van der Waals surface area contributed by atoms with Crippen LogP contribution in [0.1, 0.15) is 13.3 Å². The van der Waals surface area contributed by atoms with E-state index in [1.807, 2.05) is 0 Å². The van der Waals surface area contributed by atoms with Crippen molar-refractivity contribution in [2.24, 2.45) is 0 Å². The first-order valence-electron chi connectivity index (χ1n) is 5.01. The van der Waals surface area contributed by atoms with Crippen molar-refractivity contribution in [3.8, 4) is 5.75 Å². The third-order valence-electron chi connectivity index (χ3n) is 2.54. The SMILES string of the molecule is CC1Nc2cc(F)ccc2OC1CC(=O)O. The summed E-state index contributed by atoms with van der Waals surface area (Å²) in [6.07, 6.45) is -0.513. The van der Waals surface area contributed by atoms with Crippen LogP contribution >= 0.6 is 0 Å². The van der Waals surface area contributed by atoms with Crippen molar-refractivity contribution in [3.05, 3.63) is 24.0 Å². The largest absolute Gasteiger partial charge is 0.486 e. The average molecular weight is 225 g/mol. The highest BCUT2D eigenvalue weighted by atomic mass is 19.1. The Labute approximate surface area is 92.0 Å². The van der Waals surface area contributed by atoms with Gasteiger partial charge in [-0.25, -0.2) is 4.39 Å². The lowest BCUT2D eigenvalue weighted by Gasteiger charge is -2.32. The van der Waals surface area contributed by atoms with Crippen molar-refractivity contribution in [3.63, 3.8) is 0 Å². The zero-order chi connectivity index (χ0) is 11.7. The van der Waals surface area contributed by atoms with Gasteiger partial charge in [-0.05, 0) is 19.1 Å². The number of fused-ring (bicyclic) bond motifs is 1. The zero-order valence-corrected chi connectivity index (χ0v) is 8.74. The van der Waals surface area contributed by atoms with Crippen molar-refractivity contribution in [1.29, 1.82) is 0 Å². The fourth-order valence-corrected chi connectivity index (χ4v) is 1.71. The van der Waals surface area contributed by atoms with Gasteiger partial charge < -0.3 is 15.2 Å². The molecule has 0 saturated carbocycles. The maximum atomic E-state index is 12.9. The summed E-state index contributed by atoms with van der Waals surface area (Å²) in [5, 5.41) is 11.7. The van der Waals surface area contributed by atoms with Crippen LogP contribution in [0.15, 0.2) is 18.2 Å². The van der Waals surface area contributed by atoms with E-state index in [0.29, 0.717) is 11.4 Å². The van der Waals surface area contributed by atoms with E-state index in [1.165, 1.54) is 18.2 Å². The van der Waals surface area contributed by atoms with Crippen LogP contribution in [0.3, 0.4) is 0 Å². The van der Waals surface area contributed by atoms with Gasteiger partial charge >= 0.3 is 5.97 Å². The minimum absolute atomic E-state index is 0.0784. The molecule has 16 heavy (non-hydrogen) atoms. The molecule has 0 spiro atoms. The van der Waals surface area contributed by atoms with Crippen molar-refractivity contribution in [2.75, 3.05) is 5.32 Å². The molecule has 0 amide bonds. The van der Waals surface area contributed by atoms with Gasteiger partial charge in [0.2, 0.25) is 0 Å². The van der Waals surface area contributed by atoms with E-state index in [4.69, 9.17) is 9.84 Å². The lowest BCUT2D eigenvalue weighted by molar-refractivity contribution is -0.139. The van der Waals surface area contributed by atoms with Crippen LogP contribution in [-0.4, -0.2) is 23.2 Å². The van der Waals surface area contributed by atoms with Crippen molar-refractivity contribution in [1.82, 2.24) is 0 Å². The Balaban J connectivity index is 2.21. The molecule has 0 saturated heterocycles. The maximum Gasteiger partial charge on any atom is 0.307 e. The zero-order valence-electron chi connectivity index (χ0n) is 8.74. The number of rotatable bonds is 2. The second kappa shape index (κ2) is 4.00. The summed E-state index contributed by atoms with van der Waals surface area (Å²) < 4.78 is 18.4. The number of hydrogen-bond acceptors (Lipinski definition) is 3. The van der Waals surface area contributed by atoms with Crippen molar-refractivity contribution in [2.45, 2.75) is 25.5 Å². The molecule has 1 aliphatic rings. The molecular formula is C11H12FNO3. The van der Waals surface area contributed by atoms with Crippen LogP contribution < -0.4 is 10.1 Å². The molecule has 5 heteroatoms. The first-order chi connectivity index (χ1) is 7.56. The Kier molecular flexibility index (Phi) is 2.68. The summed E-state index contributed by atoms with van der Waals surface area (Å²) in [6.45, 7) is 1.81. The van der Waals surface area contributed by atoms with Gasteiger partial charge in [0.25, 0.3) is 0 Å². The number of carboxylic acids is 1. The molecule has 0 bridgehead atoms. The van der Waals surface area contributed by atoms with E-state index in [0.717, 1.165) is 0 Å². The van der Waals surface area contributed by atoms with Gasteiger partial charge in [0.1, 0.15) is 17.7 Å². The van der Waals surface area contributed by atoms with Crippen molar-refractivity contribution < 1.29 is 19.0 Å². The summed E-state index contributed by atoms with van der Waals surface area (Å²) in [5.41, 5.74) is 0.564. The van der Waals surface area contributed by atoms with Crippen LogP contribution in [0.2, 0.25) is 0 Å². The smallest absolute Gasteiger partial charge is 0.307 e. The van der Waals surface area contributed by atoms with E-state index in [9.17, 15) is 9.18 Å². The molecule has 1 aromatic rings. The number of ether oxygens (including phenoxy) is 1. The van der Waals surface area contributed by atoms with E-state index in [-0.39, 0.29) is 18.3 Å². The van der Waals surface area contributed by atoms with Crippen molar-refractivity contribution >= 4 is 11.7 Å². The van der Waals surface area contributed by atoms with Gasteiger partial charge in [-0.3, -0.25) is 4.79 Å². The molecule has 0 aromatic heterocycles. The summed E-state index contributed by atoms with van der Waals surface area (Å²) >= 11 is 0. The first kappa shape index (κ1) is 10.7. The molecule has 0 aliphatic carbocycles. The van der Waals surface area contributed by atoms with E-state index in [1.54, 1.807) is 6.92 Å². The number of anilines is 1. The minimum Gasteiger partial charge on any atom is -0.486 e. The minimum atomic E-state index is -0.913. The summed E-state index contributed by atoms with van der Waals surface area (Å²) in [6, 6.07) is 3.96. The highest BCUT2D eigenvalue weighted by molar-refractivity contribution is 5.68. The number of halogens is 1. The van der Waals surface area contributed by atoms with Crippen LogP contribution in [-0.2, 0) is 4.79 Å². The predicted octanol–water partition coefficient (Wildman–Crippen LogP) is 1.86. The van der Waals surface area contributed by atoms with E-state index in [2.05, 4.69) is 5.32 Å². The molecule has 2 unspecified atom stereocenters. The fourth-order valence-electron chi connectivity index (χ4n) is 1.71. The Hall–Kier alpha value is -1.78. The Bertz CT molecular complexity index is 422.